The average molecular weight is 355 g/mol. The van der Waals surface area contributed by atoms with Gasteiger partial charge in [-0.15, -0.1) is 0 Å². The second kappa shape index (κ2) is 7.79. The minimum Gasteiger partial charge on any atom is -0.385 e. The van der Waals surface area contributed by atoms with Gasteiger partial charge in [-0.25, -0.2) is 4.39 Å². The average Bonchev–Trinajstić information content (AvgIpc) is 2.67. The van der Waals surface area contributed by atoms with E-state index in [1.165, 1.54) is 24.3 Å². The van der Waals surface area contributed by atoms with Crippen LogP contribution in [0.2, 0.25) is 0 Å². The van der Waals surface area contributed by atoms with Crippen molar-refractivity contribution in [3.8, 4) is 0 Å². The Morgan fingerprint density at radius 2 is 1.58 bits per heavy atom. The third kappa shape index (κ3) is 4.17. The molecule has 0 aliphatic carbocycles. The van der Waals surface area contributed by atoms with Crippen molar-refractivity contribution in [3.05, 3.63) is 71.5 Å². The van der Waals surface area contributed by atoms with Crippen LogP contribution in [-0.4, -0.2) is 34.8 Å². The van der Waals surface area contributed by atoms with Gasteiger partial charge in [0.2, 0.25) is 5.91 Å². The van der Waals surface area contributed by atoms with Crippen LogP contribution in [0.15, 0.2) is 54.6 Å². The molecule has 1 amide bonds. The topological polar surface area (TPSA) is 57.6 Å². The van der Waals surface area contributed by atoms with E-state index in [0.29, 0.717) is 31.5 Å². The molecule has 1 N–H and O–H groups in total. The van der Waals surface area contributed by atoms with Gasteiger partial charge in [0.05, 0.1) is 5.60 Å². The molecular formula is C21H22FNO3. The van der Waals surface area contributed by atoms with Crippen LogP contribution < -0.4 is 0 Å². The van der Waals surface area contributed by atoms with Crippen molar-refractivity contribution in [3.63, 3.8) is 0 Å². The number of halogens is 1. The monoisotopic (exact) mass is 355 g/mol. The number of benzene rings is 2. The first-order valence-electron chi connectivity index (χ1n) is 8.82. The molecule has 0 atom stereocenters. The van der Waals surface area contributed by atoms with Gasteiger partial charge in [0.1, 0.15) is 5.82 Å². The maximum atomic E-state index is 12.9. The summed E-state index contributed by atoms with van der Waals surface area (Å²) in [6.45, 7) is 0.934. The molecule has 0 bridgehead atoms. The summed E-state index contributed by atoms with van der Waals surface area (Å²) in [4.78, 5) is 26.2. The Hall–Kier alpha value is -2.53. The highest BCUT2D eigenvalue weighted by Gasteiger charge is 2.35. The zero-order chi connectivity index (χ0) is 18.6. The maximum absolute atomic E-state index is 12.9. The van der Waals surface area contributed by atoms with Gasteiger partial charge in [-0.2, -0.15) is 0 Å². The molecule has 0 radical (unpaired) electrons. The number of Topliss-reactive ketones (excluding diaryl/α,β-unsaturated/α-hetero) is 1. The molecular weight excluding hydrogens is 333 g/mol. The minimum absolute atomic E-state index is 0.0874. The Morgan fingerprint density at radius 1 is 0.962 bits per heavy atom. The fourth-order valence-corrected chi connectivity index (χ4v) is 3.32. The highest BCUT2D eigenvalue weighted by Crippen LogP contribution is 2.32. The van der Waals surface area contributed by atoms with Crippen LogP contribution in [0, 0.1) is 5.82 Å². The van der Waals surface area contributed by atoms with E-state index >= 15 is 0 Å². The first kappa shape index (κ1) is 18.3. The summed E-state index contributed by atoms with van der Waals surface area (Å²) >= 11 is 0. The van der Waals surface area contributed by atoms with E-state index in [1.54, 1.807) is 4.90 Å². The zero-order valence-corrected chi connectivity index (χ0v) is 14.5. The second-order valence-electron chi connectivity index (χ2n) is 6.71. The highest BCUT2D eigenvalue weighted by atomic mass is 19.1. The number of piperidine rings is 1. The van der Waals surface area contributed by atoms with Crippen molar-refractivity contribution < 1.29 is 19.1 Å². The Bertz CT molecular complexity index is 766. The van der Waals surface area contributed by atoms with Crippen molar-refractivity contribution in [1.82, 2.24) is 4.90 Å². The number of hydrogen-bond acceptors (Lipinski definition) is 3. The third-order valence-corrected chi connectivity index (χ3v) is 4.99. The largest absolute Gasteiger partial charge is 0.385 e. The molecule has 1 fully saturated rings. The van der Waals surface area contributed by atoms with Crippen LogP contribution in [0.4, 0.5) is 4.39 Å². The van der Waals surface area contributed by atoms with Gasteiger partial charge in [0.25, 0.3) is 0 Å². The van der Waals surface area contributed by atoms with Crippen molar-refractivity contribution in [2.45, 2.75) is 31.3 Å². The number of carbonyl (C=O) groups is 2. The lowest BCUT2D eigenvalue weighted by Gasteiger charge is -2.38. The quantitative estimate of drug-likeness (QED) is 0.837. The van der Waals surface area contributed by atoms with Gasteiger partial charge in [0.15, 0.2) is 5.78 Å². The molecule has 0 spiro atoms. The van der Waals surface area contributed by atoms with E-state index in [0.717, 1.165) is 5.56 Å². The molecule has 26 heavy (non-hydrogen) atoms. The van der Waals surface area contributed by atoms with E-state index in [4.69, 9.17) is 0 Å². The fraction of sp³-hybridized carbons (Fsp3) is 0.333. The summed E-state index contributed by atoms with van der Waals surface area (Å²) in [6.07, 6.45) is 1.19. The maximum Gasteiger partial charge on any atom is 0.223 e. The molecule has 136 valence electrons. The van der Waals surface area contributed by atoms with Crippen molar-refractivity contribution in [2.75, 3.05) is 13.1 Å². The molecule has 2 aromatic rings. The lowest BCUT2D eigenvalue weighted by Crippen LogP contribution is -2.45. The highest BCUT2D eigenvalue weighted by molar-refractivity contribution is 5.97. The molecule has 1 heterocycles. The number of hydrogen-bond donors (Lipinski definition) is 1. The number of nitrogens with zero attached hydrogens (tertiary/aromatic N) is 1. The number of ketones is 1. The van der Waals surface area contributed by atoms with Gasteiger partial charge >= 0.3 is 0 Å². The van der Waals surface area contributed by atoms with Gasteiger partial charge in [0, 0.05) is 31.5 Å². The zero-order valence-electron chi connectivity index (χ0n) is 14.5. The lowest BCUT2D eigenvalue weighted by atomic mass is 9.84. The Labute approximate surface area is 152 Å². The smallest absolute Gasteiger partial charge is 0.223 e. The van der Waals surface area contributed by atoms with Gasteiger partial charge in [-0.05, 0) is 42.7 Å². The van der Waals surface area contributed by atoms with Gasteiger partial charge in [-0.1, -0.05) is 30.3 Å². The Balaban J connectivity index is 1.51. The third-order valence-electron chi connectivity index (χ3n) is 4.99. The van der Waals surface area contributed by atoms with E-state index < -0.39 is 11.4 Å². The molecule has 0 aromatic heterocycles. The molecule has 2 aromatic carbocycles. The van der Waals surface area contributed by atoms with Crippen molar-refractivity contribution in [2.24, 2.45) is 0 Å². The van der Waals surface area contributed by atoms with Gasteiger partial charge in [-0.3, -0.25) is 9.59 Å². The van der Waals surface area contributed by atoms with Crippen molar-refractivity contribution >= 4 is 11.7 Å². The van der Waals surface area contributed by atoms with Crippen LogP contribution in [0.5, 0.6) is 0 Å². The van der Waals surface area contributed by atoms with E-state index in [-0.39, 0.29) is 24.5 Å². The fourth-order valence-electron chi connectivity index (χ4n) is 3.32. The summed E-state index contributed by atoms with van der Waals surface area (Å²) in [5.74, 6) is -0.649. The van der Waals surface area contributed by atoms with E-state index in [9.17, 15) is 19.1 Å². The summed E-state index contributed by atoms with van der Waals surface area (Å²) in [7, 11) is 0. The molecule has 1 saturated heterocycles. The van der Waals surface area contributed by atoms with Crippen molar-refractivity contribution in [1.29, 1.82) is 0 Å². The predicted molar refractivity (Wildman–Crippen MR) is 96.1 cm³/mol. The van der Waals surface area contributed by atoms with Crippen LogP contribution in [0.3, 0.4) is 0 Å². The molecule has 0 saturated carbocycles. The second-order valence-corrected chi connectivity index (χ2v) is 6.71. The molecule has 0 unspecified atom stereocenters. The van der Waals surface area contributed by atoms with E-state index in [1.807, 2.05) is 30.3 Å². The molecule has 1 aliphatic rings. The van der Waals surface area contributed by atoms with Gasteiger partial charge < -0.3 is 10.0 Å². The number of likely N-dealkylation sites (tertiary alicyclic amines) is 1. The van der Waals surface area contributed by atoms with Crippen LogP contribution >= 0.6 is 0 Å². The number of amides is 1. The number of aliphatic hydroxyl groups is 1. The number of rotatable bonds is 5. The molecule has 3 rings (SSSR count). The SMILES string of the molecule is O=C(CCC(=O)N1CCC(O)(c2ccccc2)CC1)c1ccc(F)cc1. The molecule has 1 aliphatic heterocycles. The lowest BCUT2D eigenvalue weighted by molar-refractivity contribution is -0.135. The predicted octanol–water partition coefficient (Wildman–Crippen LogP) is 3.30. The summed E-state index contributed by atoms with van der Waals surface area (Å²) in [5, 5.41) is 10.8. The standard InChI is InChI=1S/C21H22FNO3/c22-18-8-6-16(7-9-18)19(24)10-11-20(25)23-14-12-21(26,13-15-23)17-4-2-1-3-5-17/h1-9,26H,10-15H2. The summed E-state index contributed by atoms with van der Waals surface area (Å²) in [5.41, 5.74) is 0.386. The minimum atomic E-state index is -0.901. The first-order chi connectivity index (χ1) is 12.5. The van der Waals surface area contributed by atoms with E-state index in [2.05, 4.69) is 0 Å². The Kier molecular flexibility index (Phi) is 5.47. The summed E-state index contributed by atoms with van der Waals surface area (Å²) < 4.78 is 12.9. The van der Waals surface area contributed by atoms with Crippen LogP contribution in [-0.2, 0) is 10.4 Å². The van der Waals surface area contributed by atoms with Crippen LogP contribution in [0.25, 0.3) is 0 Å². The summed E-state index contributed by atoms with van der Waals surface area (Å²) in [6, 6.07) is 14.8. The molecule has 4 nitrogen and oxygen atoms in total. The molecule has 5 heteroatoms. The normalized spacial score (nSPS) is 16.3. The van der Waals surface area contributed by atoms with Crippen LogP contribution in [0.1, 0.15) is 41.6 Å². The first-order valence-corrected chi connectivity index (χ1v) is 8.82. The Morgan fingerprint density at radius 3 is 2.19 bits per heavy atom. The number of carbonyl (C=O) groups excluding carboxylic acids is 2.